The number of amides is 2. The van der Waals surface area contributed by atoms with Gasteiger partial charge < -0.3 is 20.0 Å². The van der Waals surface area contributed by atoms with Gasteiger partial charge in [0.15, 0.2) is 0 Å². The molecule has 0 spiro atoms. The quantitative estimate of drug-likeness (QED) is 0.793. The SMILES string of the molecule is O=C(O)CC1CCCN1C(=O)N1CCCC(CO)C1. The van der Waals surface area contributed by atoms with Crippen molar-refractivity contribution in [1.29, 1.82) is 0 Å². The average molecular weight is 270 g/mol. The molecule has 2 rings (SSSR count). The van der Waals surface area contributed by atoms with Crippen molar-refractivity contribution in [1.82, 2.24) is 9.80 Å². The smallest absolute Gasteiger partial charge is 0.320 e. The van der Waals surface area contributed by atoms with Gasteiger partial charge in [-0.25, -0.2) is 4.79 Å². The van der Waals surface area contributed by atoms with E-state index in [9.17, 15) is 14.7 Å². The average Bonchev–Trinajstić information content (AvgIpc) is 2.85. The molecule has 0 bridgehead atoms. The predicted molar refractivity (Wildman–Crippen MR) is 68.8 cm³/mol. The number of aliphatic carboxylic acids is 1. The van der Waals surface area contributed by atoms with Crippen molar-refractivity contribution in [2.24, 2.45) is 5.92 Å². The molecule has 2 aliphatic rings. The Bertz CT molecular complexity index is 348. The second-order valence-corrected chi connectivity index (χ2v) is 5.51. The third-order valence-corrected chi connectivity index (χ3v) is 4.08. The Morgan fingerprint density at radius 1 is 1.16 bits per heavy atom. The van der Waals surface area contributed by atoms with Crippen LogP contribution in [-0.4, -0.2) is 64.3 Å². The molecule has 2 atom stereocenters. The molecule has 2 heterocycles. The number of urea groups is 1. The predicted octanol–water partition coefficient (Wildman–Crippen LogP) is 0.750. The third-order valence-electron chi connectivity index (χ3n) is 4.08. The minimum atomic E-state index is -0.850. The van der Waals surface area contributed by atoms with Crippen molar-refractivity contribution in [2.75, 3.05) is 26.2 Å². The van der Waals surface area contributed by atoms with Gasteiger partial charge in [0, 0.05) is 32.3 Å². The first-order chi connectivity index (χ1) is 9.11. The fourth-order valence-corrected chi connectivity index (χ4v) is 3.07. The number of carbonyl (C=O) groups excluding carboxylic acids is 1. The molecule has 0 aromatic carbocycles. The van der Waals surface area contributed by atoms with E-state index < -0.39 is 5.97 Å². The minimum absolute atomic E-state index is 0.0308. The van der Waals surface area contributed by atoms with E-state index in [1.165, 1.54) is 0 Å². The van der Waals surface area contributed by atoms with Crippen LogP contribution in [0.2, 0.25) is 0 Å². The number of hydrogen-bond donors (Lipinski definition) is 2. The first-order valence-corrected chi connectivity index (χ1v) is 7.00. The molecule has 0 radical (unpaired) electrons. The van der Waals surface area contributed by atoms with Gasteiger partial charge >= 0.3 is 12.0 Å². The molecule has 6 nitrogen and oxygen atoms in total. The standard InChI is InChI=1S/C13H22N2O4/c16-9-10-3-1-5-14(8-10)13(19)15-6-2-4-11(15)7-12(17)18/h10-11,16H,1-9H2,(H,17,18). The Kier molecular flexibility index (Phi) is 4.63. The van der Waals surface area contributed by atoms with Crippen LogP contribution in [0.1, 0.15) is 32.1 Å². The first kappa shape index (κ1) is 14.1. The summed E-state index contributed by atoms with van der Waals surface area (Å²) < 4.78 is 0. The molecule has 2 aliphatic heterocycles. The summed E-state index contributed by atoms with van der Waals surface area (Å²) in [6, 6.07) is -0.221. The Morgan fingerprint density at radius 3 is 2.58 bits per heavy atom. The number of aliphatic hydroxyl groups is 1. The van der Waals surface area contributed by atoms with Gasteiger partial charge in [0.25, 0.3) is 0 Å². The van der Waals surface area contributed by atoms with Gasteiger partial charge in [-0.3, -0.25) is 4.79 Å². The maximum atomic E-state index is 12.4. The van der Waals surface area contributed by atoms with Crippen molar-refractivity contribution in [3.05, 3.63) is 0 Å². The van der Waals surface area contributed by atoms with Crippen molar-refractivity contribution < 1.29 is 19.8 Å². The second kappa shape index (κ2) is 6.23. The zero-order valence-corrected chi connectivity index (χ0v) is 11.1. The summed E-state index contributed by atoms with van der Waals surface area (Å²) in [4.78, 5) is 26.7. The number of nitrogens with zero attached hydrogens (tertiary/aromatic N) is 2. The molecule has 0 aromatic rings. The molecule has 2 saturated heterocycles. The lowest BCUT2D eigenvalue weighted by Crippen LogP contribution is -2.49. The Hall–Kier alpha value is -1.30. The number of carboxylic acids is 1. The summed E-state index contributed by atoms with van der Waals surface area (Å²) in [5.41, 5.74) is 0. The van der Waals surface area contributed by atoms with Crippen LogP contribution < -0.4 is 0 Å². The van der Waals surface area contributed by atoms with Crippen LogP contribution in [0.15, 0.2) is 0 Å². The highest BCUT2D eigenvalue weighted by molar-refractivity contribution is 5.76. The van der Waals surface area contributed by atoms with Gasteiger partial charge in [-0.2, -0.15) is 0 Å². The van der Waals surface area contributed by atoms with Gasteiger partial charge in [-0.15, -0.1) is 0 Å². The van der Waals surface area contributed by atoms with E-state index in [2.05, 4.69) is 0 Å². The molecular weight excluding hydrogens is 248 g/mol. The number of carboxylic acid groups (broad SMARTS) is 1. The lowest BCUT2D eigenvalue weighted by Gasteiger charge is -2.36. The zero-order chi connectivity index (χ0) is 13.8. The summed E-state index contributed by atoms with van der Waals surface area (Å²) >= 11 is 0. The lowest BCUT2D eigenvalue weighted by molar-refractivity contribution is -0.138. The first-order valence-electron chi connectivity index (χ1n) is 7.00. The molecule has 2 fully saturated rings. The van der Waals surface area contributed by atoms with E-state index in [0.717, 1.165) is 25.7 Å². The maximum absolute atomic E-state index is 12.4. The number of rotatable bonds is 3. The van der Waals surface area contributed by atoms with Crippen molar-refractivity contribution >= 4 is 12.0 Å². The number of hydrogen-bond acceptors (Lipinski definition) is 3. The van der Waals surface area contributed by atoms with Gasteiger partial charge in [-0.1, -0.05) is 0 Å². The molecule has 0 saturated carbocycles. The van der Waals surface area contributed by atoms with Crippen LogP contribution in [-0.2, 0) is 4.79 Å². The summed E-state index contributed by atoms with van der Waals surface area (Å²) in [5, 5.41) is 18.1. The molecule has 2 unspecified atom stereocenters. The van der Waals surface area contributed by atoms with Crippen LogP contribution in [0.3, 0.4) is 0 Å². The lowest BCUT2D eigenvalue weighted by atomic mass is 9.99. The van der Waals surface area contributed by atoms with E-state index in [1.54, 1.807) is 9.80 Å². The fraction of sp³-hybridized carbons (Fsp3) is 0.846. The number of carbonyl (C=O) groups is 2. The Balaban J connectivity index is 1.96. The van der Waals surface area contributed by atoms with Gasteiger partial charge in [0.2, 0.25) is 0 Å². The summed E-state index contributed by atoms with van der Waals surface area (Å²) in [7, 11) is 0. The molecule has 108 valence electrons. The number of aliphatic hydroxyl groups excluding tert-OH is 1. The van der Waals surface area contributed by atoms with Crippen molar-refractivity contribution in [3.8, 4) is 0 Å². The molecule has 19 heavy (non-hydrogen) atoms. The highest BCUT2D eigenvalue weighted by Gasteiger charge is 2.34. The van der Waals surface area contributed by atoms with Crippen LogP contribution in [0.4, 0.5) is 4.79 Å². The monoisotopic (exact) mass is 270 g/mol. The number of piperidine rings is 1. The molecular formula is C13H22N2O4. The van der Waals surface area contributed by atoms with Gasteiger partial charge in [-0.05, 0) is 31.6 Å². The van der Waals surface area contributed by atoms with E-state index in [-0.39, 0.29) is 31.0 Å². The molecule has 0 aromatic heterocycles. The topological polar surface area (TPSA) is 81.1 Å². The van der Waals surface area contributed by atoms with Crippen LogP contribution in [0, 0.1) is 5.92 Å². The van der Waals surface area contributed by atoms with Crippen molar-refractivity contribution in [3.63, 3.8) is 0 Å². The minimum Gasteiger partial charge on any atom is -0.481 e. The van der Waals surface area contributed by atoms with E-state index in [4.69, 9.17) is 5.11 Å². The molecule has 2 N–H and O–H groups in total. The maximum Gasteiger partial charge on any atom is 0.320 e. The molecule has 6 heteroatoms. The number of likely N-dealkylation sites (tertiary alicyclic amines) is 2. The van der Waals surface area contributed by atoms with Crippen LogP contribution in [0.25, 0.3) is 0 Å². The Labute approximate surface area is 113 Å². The second-order valence-electron chi connectivity index (χ2n) is 5.51. The molecule has 0 aliphatic carbocycles. The highest BCUT2D eigenvalue weighted by atomic mass is 16.4. The van der Waals surface area contributed by atoms with Crippen molar-refractivity contribution in [2.45, 2.75) is 38.1 Å². The normalized spacial score (nSPS) is 27.6. The summed E-state index contributed by atoms with van der Waals surface area (Å²) in [6.07, 6.45) is 3.55. The fourth-order valence-electron chi connectivity index (χ4n) is 3.07. The highest BCUT2D eigenvalue weighted by Crippen LogP contribution is 2.24. The molecule has 2 amide bonds. The van der Waals surface area contributed by atoms with Gasteiger partial charge in [0.1, 0.15) is 0 Å². The summed E-state index contributed by atoms with van der Waals surface area (Å²) in [6.45, 7) is 2.07. The van der Waals surface area contributed by atoms with E-state index in [0.29, 0.717) is 19.6 Å². The summed E-state index contributed by atoms with van der Waals surface area (Å²) in [5.74, 6) is -0.685. The van der Waals surface area contributed by atoms with Crippen LogP contribution >= 0.6 is 0 Å². The Morgan fingerprint density at radius 2 is 1.89 bits per heavy atom. The van der Waals surface area contributed by atoms with E-state index >= 15 is 0 Å². The van der Waals surface area contributed by atoms with Crippen LogP contribution in [0.5, 0.6) is 0 Å². The van der Waals surface area contributed by atoms with Gasteiger partial charge in [0.05, 0.1) is 6.42 Å². The zero-order valence-electron chi connectivity index (χ0n) is 11.1. The third kappa shape index (κ3) is 3.37. The largest absolute Gasteiger partial charge is 0.481 e. The van der Waals surface area contributed by atoms with E-state index in [1.807, 2.05) is 0 Å².